The number of aromatic amines is 1. The Hall–Kier alpha value is -3.31. The van der Waals surface area contributed by atoms with Gasteiger partial charge in [-0.2, -0.15) is 0 Å². The lowest BCUT2D eigenvalue weighted by Crippen LogP contribution is -2.35. The Balaban J connectivity index is 1.34. The molecule has 2 aromatic heterocycles. The average Bonchev–Trinajstić information content (AvgIpc) is 3.39. The zero-order chi connectivity index (χ0) is 22.2. The quantitative estimate of drug-likeness (QED) is 0.272. The van der Waals surface area contributed by atoms with Crippen molar-refractivity contribution in [2.75, 3.05) is 5.75 Å². The number of aryl methyl sites for hydroxylation is 1. The number of benzene rings is 3. The van der Waals surface area contributed by atoms with Crippen LogP contribution < -0.4 is 4.57 Å². The van der Waals surface area contributed by atoms with Crippen LogP contribution in [0.5, 0.6) is 0 Å². The van der Waals surface area contributed by atoms with E-state index in [2.05, 4.69) is 70.2 Å². The summed E-state index contributed by atoms with van der Waals surface area (Å²) in [4.78, 5) is 17.1. The Bertz CT molecular complexity index is 1470. The van der Waals surface area contributed by atoms with Crippen molar-refractivity contribution in [2.45, 2.75) is 37.4 Å². The van der Waals surface area contributed by atoms with Crippen LogP contribution in [-0.4, -0.2) is 21.2 Å². The fourth-order valence-electron chi connectivity index (χ4n) is 5.12. The van der Waals surface area contributed by atoms with Gasteiger partial charge in [-0.25, -0.2) is 9.55 Å². The Morgan fingerprint density at radius 3 is 2.58 bits per heavy atom. The molecule has 0 atom stereocenters. The van der Waals surface area contributed by atoms with Gasteiger partial charge >= 0.3 is 5.16 Å². The minimum Gasteiger partial charge on any atom is -0.283 e. The van der Waals surface area contributed by atoms with E-state index in [1.165, 1.54) is 28.6 Å². The summed E-state index contributed by atoms with van der Waals surface area (Å²) >= 11 is 1.59. The van der Waals surface area contributed by atoms with E-state index in [1.54, 1.807) is 11.8 Å². The molecule has 164 valence electrons. The van der Waals surface area contributed by atoms with E-state index in [0.29, 0.717) is 5.75 Å². The average molecular weight is 453 g/mol. The van der Waals surface area contributed by atoms with Crippen LogP contribution in [0, 0.1) is 0 Å². The Morgan fingerprint density at radius 1 is 0.909 bits per heavy atom. The van der Waals surface area contributed by atoms with Crippen molar-refractivity contribution in [1.82, 2.24) is 9.55 Å². The highest BCUT2D eigenvalue weighted by atomic mass is 32.2. The third-order valence-electron chi connectivity index (χ3n) is 6.63. The molecule has 0 bridgehead atoms. The number of rotatable bonds is 5. The van der Waals surface area contributed by atoms with E-state index in [9.17, 15) is 4.79 Å². The first-order valence-electron chi connectivity index (χ1n) is 11.6. The maximum Gasteiger partial charge on any atom is 0.317 e. The van der Waals surface area contributed by atoms with Gasteiger partial charge in [0, 0.05) is 11.1 Å². The smallest absolute Gasteiger partial charge is 0.283 e. The number of nitrogens with zero attached hydrogens (tertiary/aromatic N) is 2. The van der Waals surface area contributed by atoms with Gasteiger partial charge in [-0.15, -0.1) is 0 Å². The number of para-hydroxylation sites is 3. The van der Waals surface area contributed by atoms with Gasteiger partial charge in [0.25, 0.3) is 0 Å². The molecule has 0 fully saturated rings. The zero-order valence-corrected chi connectivity index (χ0v) is 19.3. The fourth-order valence-corrected chi connectivity index (χ4v) is 6.01. The predicted molar refractivity (Wildman–Crippen MR) is 134 cm³/mol. The fraction of sp³-hybridized carbons (Fsp3) is 0.214. The third kappa shape index (κ3) is 3.66. The first kappa shape index (κ1) is 20.3. The SMILES string of the molecule is O=C(CSc1[nH]c2ccccc2[n+]1Cc1ccccc1)n1c2c(c3ccccc31)CCCC2. The topological polar surface area (TPSA) is 41.7 Å². The lowest BCUT2D eigenvalue weighted by Gasteiger charge is -2.14. The number of thioether (sulfide) groups is 1. The number of carbonyl (C=O) groups excluding carboxylic acids is 1. The van der Waals surface area contributed by atoms with Crippen LogP contribution in [-0.2, 0) is 19.4 Å². The van der Waals surface area contributed by atoms with Gasteiger partial charge in [-0.05, 0) is 66.8 Å². The molecule has 5 heteroatoms. The van der Waals surface area contributed by atoms with Gasteiger partial charge in [-0.3, -0.25) is 9.36 Å². The van der Waals surface area contributed by atoms with Gasteiger partial charge < -0.3 is 0 Å². The number of hydrogen-bond donors (Lipinski definition) is 1. The normalized spacial score (nSPS) is 13.5. The summed E-state index contributed by atoms with van der Waals surface area (Å²) in [5.74, 6) is 0.552. The van der Waals surface area contributed by atoms with Crippen molar-refractivity contribution in [3.63, 3.8) is 0 Å². The molecule has 0 aliphatic heterocycles. The second-order valence-electron chi connectivity index (χ2n) is 8.69. The molecule has 1 aliphatic carbocycles. The molecule has 0 amide bonds. The van der Waals surface area contributed by atoms with Crippen LogP contribution in [0.1, 0.15) is 34.5 Å². The van der Waals surface area contributed by atoms with Crippen LogP contribution in [0.15, 0.2) is 84.0 Å². The van der Waals surface area contributed by atoms with Crippen molar-refractivity contribution in [1.29, 1.82) is 0 Å². The number of hydrogen-bond acceptors (Lipinski definition) is 2. The van der Waals surface area contributed by atoms with Crippen LogP contribution in [0.25, 0.3) is 21.9 Å². The van der Waals surface area contributed by atoms with Gasteiger partial charge in [-0.1, -0.05) is 60.7 Å². The number of carbonyl (C=O) groups is 1. The van der Waals surface area contributed by atoms with Crippen LogP contribution in [0.2, 0.25) is 0 Å². The highest BCUT2D eigenvalue weighted by molar-refractivity contribution is 7.99. The summed E-state index contributed by atoms with van der Waals surface area (Å²) in [6.45, 7) is 0.767. The summed E-state index contributed by atoms with van der Waals surface area (Å²) in [5.41, 5.74) is 7.14. The van der Waals surface area contributed by atoms with Crippen molar-refractivity contribution < 1.29 is 9.36 Å². The molecule has 0 radical (unpaired) electrons. The number of H-pyrrole nitrogens is 1. The van der Waals surface area contributed by atoms with E-state index >= 15 is 0 Å². The lowest BCUT2D eigenvalue weighted by molar-refractivity contribution is -0.700. The number of fused-ring (bicyclic) bond motifs is 4. The molecular weight excluding hydrogens is 426 g/mol. The summed E-state index contributed by atoms with van der Waals surface area (Å²) in [6.07, 6.45) is 4.42. The third-order valence-corrected chi connectivity index (χ3v) is 7.61. The van der Waals surface area contributed by atoms with Crippen molar-refractivity contribution in [3.8, 4) is 0 Å². The maximum absolute atomic E-state index is 13.6. The molecule has 0 saturated heterocycles. The molecule has 0 saturated carbocycles. The monoisotopic (exact) mass is 452 g/mol. The van der Waals surface area contributed by atoms with E-state index in [1.807, 2.05) is 22.8 Å². The van der Waals surface area contributed by atoms with Crippen LogP contribution >= 0.6 is 11.8 Å². The molecule has 4 nitrogen and oxygen atoms in total. The van der Waals surface area contributed by atoms with E-state index in [4.69, 9.17) is 0 Å². The van der Waals surface area contributed by atoms with Crippen molar-refractivity contribution in [3.05, 3.63) is 95.7 Å². The number of imidazole rings is 1. The summed E-state index contributed by atoms with van der Waals surface area (Å²) in [6, 6.07) is 27.2. The molecule has 0 spiro atoms. The molecule has 1 aliphatic rings. The molecule has 3 aromatic carbocycles. The van der Waals surface area contributed by atoms with Crippen LogP contribution in [0.3, 0.4) is 0 Å². The Kier molecular flexibility index (Phi) is 5.27. The minimum absolute atomic E-state index is 0.157. The van der Waals surface area contributed by atoms with Gasteiger partial charge in [0.2, 0.25) is 5.91 Å². The Labute approximate surface area is 197 Å². The Morgan fingerprint density at radius 2 is 1.67 bits per heavy atom. The summed E-state index contributed by atoms with van der Waals surface area (Å²) in [5, 5.41) is 2.26. The zero-order valence-electron chi connectivity index (χ0n) is 18.5. The van der Waals surface area contributed by atoms with Gasteiger partial charge in [0.1, 0.15) is 6.54 Å². The van der Waals surface area contributed by atoms with Gasteiger partial charge in [0.05, 0.1) is 11.3 Å². The highest BCUT2D eigenvalue weighted by Gasteiger charge is 2.25. The van der Waals surface area contributed by atoms with Crippen molar-refractivity contribution in [2.24, 2.45) is 0 Å². The largest absolute Gasteiger partial charge is 0.317 e. The van der Waals surface area contributed by atoms with E-state index < -0.39 is 0 Å². The highest BCUT2D eigenvalue weighted by Crippen LogP contribution is 2.32. The van der Waals surface area contributed by atoms with Crippen LogP contribution in [0.4, 0.5) is 0 Å². The lowest BCUT2D eigenvalue weighted by atomic mass is 9.96. The number of aromatic nitrogens is 3. The maximum atomic E-state index is 13.6. The molecule has 1 N–H and O–H groups in total. The minimum atomic E-state index is 0.157. The molecule has 2 heterocycles. The standard InChI is InChI=1S/C28H25N3OS/c32-27(31-24-15-7-4-12-21(24)22-13-5-8-16-25(22)31)19-33-28-29-23-14-6-9-17-26(23)30(28)18-20-10-2-1-3-11-20/h1-4,6-7,9-12,14-15,17H,5,8,13,16,18-19H2/p+1. The molecule has 6 rings (SSSR count). The van der Waals surface area contributed by atoms with Crippen molar-refractivity contribution >= 4 is 39.6 Å². The van der Waals surface area contributed by atoms with E-state index in [0.717, 1.165) is 47.5 Å². The molecule has 33 heavy (non-hydrogen) atoms. The predicted octanol–water partition coefficient (Wildman–Crippen LogP) is 5.77. The summed E-state index contributed by atoms with van der Waals surface area (Å²) < 4.78 is 4.28. The first-order chi connectivity index (χ1) is 16.3. The van der Waals surface area contributed by atoms with Gasteiger partial charge in [0.15, 0.2) is 11.0 Å². The first-order valence-corrected chi connectivity index (χ1v) is 12.6. The van der Waals surface area contributed by atoms with E-state index in [-0.39, 0.29) is 5.91 Å². The molecular formula is C28H26N3OS+. The second kappa shape index (κ2) is 8.56. The molecule has 5 aromatic rings. The summed E-state index contributed by atoms with van der Waals surface area (Å²) in [7, 11) is 0. The number of nitrogens with one attached hydrogen (secondary N) is 1. The second-order valence-corrected chi connectivity index (χ2v) is 9.65. The molecule has 0 unspecified atom stereocenters.